The van der Waals surface area contributed by atoms with Gasteiger partial charge in [-0.15, -0.1) is 11.8 Å². The van der Waals surface area contributed by atoms with Gasteiger partial charge in [0.25, 0.3) is 0 Å². The van der Waals surface area contributed by atoms with Crippen LogP contribution in [0.2, 0.25) is 0 Å². The van der Waals surface area contributed by atoms with E-state index < -0.39 is 0 Å². The molecule has 0 nitrogen and oxygen atoms in total. The van der Waals surface area contributed by atoms with Gasteiger partial charge in [-0.3, -0.25) is 0 Å². The molecule has 0 amide bonds. The lowest BCUT2D eigenvalue weighted by Crippen LogP contribution is -2.02. The number of hydrogen-bond acceptors (Lipinski definition) is 0. The quantitative estimate of drug-likeness (QED) is 0.526. The van der Waals surface area contributed by atoms with E-state index in [0.29, 0.717) is 0 Å². The molecule has 0 aromatic heterocycles. The van der Waals surface area contributed by atoms with Crippen LogP contribution < -0.4 is 0 Å². The molecule has 0 aromatic rings. The third-order valence-electron chi connectivity index (χ3n) is 2.04. The third-order valence-corrected chi connectivity index (χ3v) is 2.04. The zero-order chi connectivity index (χ0) is 7.98. The molecule has 0 saturated heterocycles. The molecule has 0 N–H and O–H groups in total. The minimum absolute atomic E-state index is 0.804. The van der Waals surface area contributed by atoms with Crippen molar-refractivity contribution < 1.29 is 0 Å². The van der Waals surface area contributed by atoms with Gasteiger partial charge < -0.3 is 0 Å². The van der Waals surface area contributed by atoms with Crippen molar-refractivity contribution in [2.45, 2.75) is 40.5 Å². The van der Waals surface area contributed by atoms with Crippen molar-refractivity contribution in [3.63, 3.8) is 0 Å². The van der Waals surface area contributed by atoms with E-state index >= 15 is 0 Å². The summed E-state index contributed by atoms with van der Waals surface area (Å²) in [7, 11) is 0. The van der Waals surface area contributed by atoms with Crippen molar-refractivity contribution in [1.29, 1.82) is 0 Å². The fraction of sp³-hybridized carbons (Fsp3) is 0.800. The van der Waals surface area contributed by atoms with Crippen LogP contribution in [-0.2, 0) is 0 Å². The van der Waals surface area contributed by atoms with E-state index in [-0.39, 0.29) is 0 Å². The summed E-state index contributed by atoms with van der Waals surface area (Å²) in [5.74, 6) is 7.62. The van der Waals surface area contributed by atoms with Crippen LogP contribution in [0.25, 0.3) is 0 Å². The third kappa shape index (κ3) is 4.44. The van der Waals surface area contributed by atoms with Crippen molar-refractivity contribution in [1.82, 2.24) is 0 Å². The maximum absolute atomic E-state index is 3.08. The smallest absolute Gasteiger partial charge is 0.00912 e. The summed E-state index contributed by atoms with van der Waals surface area (Å²) in [6.07, 6.45) is 2.31. The van der Waals surface area contributed by atoms with Gasteiger partial charge in [-0.1, -0.05) is 20.8 Å². The fourth-order valence-electron chi connectivity index (χ4n) is 0.758. The molecule has 1 unspecified atom stereocenters. The molecule has 0 rings (SSSR count). The fourth-order valence-corrected chi connectivity index (χ4v) is 0.758. The Hall–Kier alpha value is -0.440. The van der Waals surface area contributed by atoms with E-state index in [1.165, 1.54) is 6.42 Å². The Morgan fingerprint density at radius 3 is 2.20 bits per heavy atom. The summed E-state index contributed by atoms with van der Waals surface area (Å²) in [6.45, 7) is 8.73. The number of rotatable bonds is 3. The van der Waals surface area contributed by atoms with Gasteiger partial charge in [-0.25, -0.2) is 0 Å². The van der Waals surface area contributed by atoms with Crippen LogP contribution in [0, 0.1) is 23.7 Å². The SMILES string of the molecule is CC#CCCC(C)C(C)C. The maximum Gasteiger partial charge on any atom is 0.00912 e. The van der Waals surface area contributed by atoms with Crippen molar-refractivity contribution in [3.05, 3.63) is 0 Å². The monoisotopic (exact) mass is 138 g/mol. The molecule has 0 aromatic carbocycles. The van der Waals surface area contributed by atoms with Crippen LogP contribution in [0.5, 0.6) is 0 Å². The molecule has 0 fully saturated rings. The second-order valence-electron chi connectivity index (χ2n) is 3.19. The molecule has 0 heterocycles. The van der Waals surface area contributed by atoms with E-state index in [0.717, 1.165) is 18.3 Å². The molecule has 0 saturated carbocycles. The topological polar surface area (TPSA) is 0 Å². The molecular formula is C10H18. The summed E-state index contributed by atoms with van der Waals surface area (Å²) < 4.78 is 0. The van der Waals surface area contributed by atoms with Crippen LogP contribution in [0.1, 0.15) is 40.5 Å². The first-order valence-corrected chi connectivity index (χ1v) is 4.08. The zero-order valence-corrected chi connectivity index (χ0v) is 7.57. The molecule has 0 spiro atoms. The minimum Gasteiger partial charge on any atom is -0.107 e. The van der Waals surface area contributed by atoms with Gasteiger partial charge in [0, 0.05) is 6.42 Å². The summed E-state index contributed by atoms with van der Waals surface area (Å²) >= 11 is 0. The Kier molecular flexibility index (Phi) is 5.12. The molecule has 0 bridgehead atoms. The first-order chi connectivity index (χ1) is 4.68. The van der Waals surface area contributed by atoms with Gasteiger partial charge in [-0.2, -0.15) is 0 Å². The molecule has 10 heavy (non-hydrogen) atoms. The molecule has 0 aliphatic heterocycles. The predicted octanol–water partition coefficient (Wildman–Crippen LogP) is 3.08. The van der Waals surface area contributed by atoms with Crippen molar-refractivity contribution in [2.75, 3.05) is 0 Å². The van der Waals surface area contributed by atoms with E-state index in [4.69, 9.17) is 0 Å². The van der Waals surface area contributed by atoms with E-state index in [9.17, 15) is 0 Å². The second kappa shape index (κ2) is 5.35. The average Bonchev–Trinajstić information content (AvgIpc) is 1.88. The Morgan fingerprint density at radius 2 is 1.80 bits per heavy atom. The lowest BCUT2D eigenvalue weighted by Gasteiger charge is -2.12. The molecule has 0 aliphatic rings. The maximum atomic E-state index is 3.08. The largest absolute Gasteiger partial charge is 0.107 e. The molecule has 0 heteroatoms. The van der Waals surface area contributed by atoms with E-state index in [1.807, 2.05) is 6.92 Å². The van der Waals surface area contributed by atoms with Crippen molar-refractivity contribution in [2.24, 2.45) is 11.8 Å². The van der Waals surface area contributed by atoms with Crippen molar-refractivity contribution in [3.8, 4) is 11.8 Å². The Labute approximate surface area is 65.0 Å². The Bertz CT molecular complexity index is 123. The van der Waals surface area contributed by atoms with Gasteiger partial charge in [-0.05, 0) is 25.2 Å². The standard InChI is InChI=1S/C10H18/c1-5-6-7-8-10(4)9(2)3/h9-10H,7-8H2,1-4H3. The number of hydrogen-bond donors (Lipinski definition) is 0. The van der Waals surface area contributed by atoms with Crippen LogP contribution in [0.3, 0.4) is 0 Å². The van der Waals surface area contributed by atoms with Crippen LogP contribution in [0.4, 0.5) is 0 Å². The highest BCUT2D eigenvalue weighted by atomic mass is 14.1. The molecule has 1 atom stereocenters. The average molecular weight is 138 g/mol. The van der Waals surface area contributed by atoms with E-state index in [2.05, 4.69) is 32.6 Å². The van der Waals surface area contributed by atoms with Crippen LogP contribution in [-0.4, -0.2) is 0 Å². The first kappa shape index (κ1) is 9.56. The highest BCUT2D eigenvalue weighted by molar-refractivity contribution is 4.94. The first-order valence-electron chi connectivity index (χ1n) is 4.08. The van der Waals surface area contributed by atoms with Crippen molar-refractivity contribution >= 4 is 0 Å². The van der Waals surface area contributed by atoms with Gasteiger partial charge in [0.2, 0.25) is 0 Å². The lowest BCUT2D eigenvalue weighted by atomic mass is 9.93. The van der Waals surface area contributed by atoms with Gasteiger partial charge in [0.05, 0.1) is 0 Å². The highest BCUT2D eigenvalue weighted by Gasteiger charge is 2.04. The normalized spacial score (nSPS) is 12.5. The van der Waals surface area contributed by atoms with E-state index in [1.54, 1.807) is 0 Å². The van der Waals surface area contributed by atoms with Gasteiger partial charge >= 0.3 is 0 Å². The van der Waals surface area contributed by atoms with Gasteiger partial charge in [0.1, 0.15) is 0 Å². The van der Waals surface area contributed by atoms with Crippen LogP contribution in [0.15, 0.2) is 0 Å². The second-order valence-corrected chi connectivity index (χ2v) is 3.19. The van der Waals surface area contributed by atoms with Crippen LogP contribution >= 0.6 is 0 Å². The lowest BCUT2D eigenvalue weighted by molar-refractivity contribution is 0.397. The Balaban J connectivity index is 3.36. The minimum atomic E-state index is 0.804. The summed E-state index contributed by atoms with van der Waals surface area (Å²) in [5, 5.41) is 0. The predicted molar refractivity (Wildman–Crippen MR) is 46.7 cm³/mol. The molecule has 0 radical (unpaired) electrons. The summed E-state index contributed by atoms with van der Waals surface area (Å²) in [5.41, 5.74) is 0. The highest BCUT2D eigenvalue weighted by Crippen LogP contribution is 2.14. The zero-order valence-electron chi connectivity index (χ0n) is 7.57. The summed E-state index contributed by atoms with van der Waals surface area (Å²) in [4.78, 5) is 0. The molecule has 58 valence electrons. The van der Waals surface area contributed by atoms with Gasteiger partial charge in [0.15, 0.2) is 0 Å². The Morgan fingerprint density at radius 1 is 1.20 bits per heavy atom. The summed E-state index contributed by atoms with van der Waals surface area (Å²) in [6, 6.07) is 0. The molecular weight excluding hydrogens is 120 g/mol. The molecule has 0 aliphatic carbocycles.